The number of hydrogen-bond donors (Lipinski definition) is 0. The SMILES string of the molecule is C=CC(=O)OCC(COCC1CO1)(COC(=O)C=C)COC(=O)C=C. The first-order valence-corrected chi connectivity index (χ1v) is 7.51. The van der Waals surface area contributed by atoms with Crippen LogP contribution < -0.4 is 0 Å². The van der Waals surface area contributed by atoms with Crippen molar-refractivity contribution in [3.63, 3.8) is 0 Å². The van der Waals surface area contributed by atoms with E-state index in [2.05, 4.69) is 19.7 Å². The van der Waals surface area contributed by atoms with Crippen molar-refractivity contribution in [1.82, 2.24) is 0 Å². The summed E-state index contributed by atoms with van der Waals surface area (Å²) in [5.41, 5.74) is -1.09. The van der Waals surface area contributed by atoms with E-state index in [1.807, 2.05) is 0 Å². The lowest BCUT2D eigenvalue weighted by Gasteiger charge is -2.31. The molecule has 8 nitrogen and oxygen atoms in total. The Labute approximate surface area is 146 Å². The van der Waals surface area contributed by atoms with Crippen molar-refractivity contribution in [2.75, 3.05) is 39.6 Å². The number of rotatable bonds is 13. The van der Waals surface area contributed by atoms with Crippen LogP contribution in [0.4, 0.5) is 0 Å². The minimum absolute atomic E-state index is 0.00608. The molecule has 1 aliphatic rings. The van der Waals surface area contributed by atoms with E-state index in [-0.39, 0.29) is 32.5 Å². The fourth-order valence-corrected chi connectivity index (χ4v) is 1.67. The molecule has 1 unspecified atom stereocenters. The van der Waals surface area contributed by atoms with Crippen LogP contribution >= 0.6 is 0 Å². The number of hydrogen-bond acceptors (Lipinski definition) is 8. The van der Waals surface area contributed by atoms with Crippen LogP contribution in [0.15, 0.2) is 38.0 Å². The largest absolute Gasteiger partial charge is 0.462 e. The summed E-state index contributed by atoms with van der Waals surface area (Å²) >= 11 is 0. The molecule has 0 aromatic rings. The number of epoxide rings is 1. The van der Waals surface area contributed by atoms with Gasteiger partial charge >= 0.3 is 17.9 Å². The first-order valence-electron chi connectivity index (χ1n) is 7.51. The number of carbonyl (C=O) groups excluding carboxylic acids is 3. The van der Waals surface area contributed by atoms with Crippen molar-refractivity contribution in [1.29, 1.82) is 0 Å². The van der Waals surface area contributed by atoms with Gasteiger partial charge in [0, 0.05) is 18.2 Å². The number of esters is 3. The molecular formula is C17H22O8. The summed E-state index contributed by atoms with van der Waals surface area (Å²) in [7, 11) is 0. The van der Waals surface area contributed by atoms with Gasteiger partial charge in [0.05, 0.1) is 25.2 Å². The molecule has 1 aliphatic heterocycles. The summed E-state index contributed by atoms with van der Waals surface area (Å²) in [5.74, 6) is -2.00. The predicted molar refractivity (Wildman–Crippen MR) is 86.5 cm³/mol. The Morgan fingerprint density at radius 2 is 1.28 bits per heavy atom. The Morgan fingerprint density at radius 3 is 1.60 bits per heavy atom. The maximum absolute atomic E-state index is 11.4. The molecule has 0 saturated carbocycles. The van der Waals surface area contributed by atoms with Gasteiger partial charge in [0.2, 0.25) is 0 Å². The van der Waals surface area contributed by atoms with Gasteiger partial charge in [-0.2, -0.15) is 0 Å². The minimum Gasteiger partial charge on any atom is -0.462 e. The van der Waals surface area contributed by atoms with Gasteiger partial charge in [0.1, 0.15) is 25.9 Å². The average molecular weight is 354 g/mol. The van der Waals surface area contributed by atoms with Crippen LogP contribution in [0.2, 0.25) is 0 Å². The topological polar surface area (TPSA) is 101 Å². The fraction of sp³-hybridized carbons (Fsp3) is 0.471. The maximum Gasteiger partial charge on any atom is 0.330 e. The van der Waals surface area contributed by atoms with Gasteiger partial charge in [-0.15, -0.1) is 0 Å². The van der Waals surface area contributed by atoms with Gasteiger partial charge in [0.25, 0.3) is 0 Å². The standard InChI is InChI=1S/C17H22O8/c1-4-14(18)23-10-17(11-24-15(19)5-2,12-25-16(20)6-3)9-21-7-13-8-22-13/h4-6,13H,1-3,7-12H2. The molecule has 138 valence electrons. The third-order valence-electron chi connectivity index (χ3n) is 3.18. The van der Waals surface area contributed by atoms with Crippen LogP contribution in [0, 0.1) is 5.41 Å². The van der Waals surface area contributed by atoms with Gasteiger partial charge in [-0.3, -0.25) is 0 Å². The first kappa shape index (κ1) is 20.6. The minimum atomic E-state index is -1.09. The Bertz CT molecular complexity index is 461. The molecule has 0 radical (unpaired) electrons. The highest BCUT2D eigenvalue weighted by atomic mass is 16.6. The van der Waals surface area contributed by atoms with Gasteiger partial charge in [-0.05, 0) is 0 Å². The lowest BCUT2D eigenvalue weighted by molar-refractivity contribution is -0.161. The molecule has 1 saturated heterocycles. The molecule has 1 heterocycles. The van der Waals surface area contributed by atoms with Crippen LogP contribution in [0.5, 0.6) is 0 Å². The quantitative estimate of drug-likeness (QED) is 0.205. The third kappa shape index (κ3) is 8.27. The second-order valence-electron chi connectivity index (χ2n) is 5.41. The van der Waals surface area contributed by atoms with E-state index in [0.717, 1.165) is 18.2 Å². The lowest BCUT2D eigenvalue weighted by Crippen LogP contribution is -2.43. The summed E-state index contributed by atoms with van der Waals surface area (Å²) in [6.45, 7) is 10.2. The van der Waals surface area contributed by atoms with Crippen LogP contribution in [0.1, 0.15) is 0 Å². The summed E-state index contributed by atoms with van der Waals surface area (Å²) in [6.07, 6.45) is 3.00. The highest BCUT2D eigenvalue weighted by Gasteiger charge is 2.37. The molecule has 25 heavy (non-hydrogen) atoms. The molecule has 0 amide bonds. The van der Waals surface area contributed by atoms with Crippen molar-refractivity contribution >= 4 is 17.9 Å². The van der Waals surface area contributed by atoms with Crippen LogP contribution in [-0.2, 0) is 38.1 Å². The maximum atomic E-state index is 11.4. The molecule has 0 aromatic heterocycles. The summed E-state index contributed by atoms with van der Waals surface area (Å²) in [6, 6.07) is 0. The van der Waals surface area contributed by atoms with Gasteiger partial charge in [-0.1, -0.05) is 19.7 Å². The highest BCUT2D eigenvalue weighted by molar-refractivity contribution is 5.82. The van der Waals surface area contributed by atoms with Gasteiger partial charge in [0.15, 0.2) is 0 Å². The van der Waals surface area contributed by atoms with E-state index < -0.39 is 23.3 Å². The second-order valence-corrected chi connectivity index (χ2v) is 5.41. The van der Waals surface area contributed by atoms with E-state index >= 15 is 0 Å². The van der Waals surface area contributed by atoms with E-state index in [9.17, 15) is 14.4 Å². The molecule has 0 aromatic carbocycles. The molecule has 8 heteroatoms. The van der Waals surface area contributed by atoms with Crippen molar-refractivity contribution in [2.45, 2.75) is 6.10 Å². The van der Waals surface area contributed by atoms with Crippen LogP contribution in [0.25, 0.3) is 0 Å². The number of carbonyl (C=O) groups is 3. The molecule has 1 rings (SSSR count). The Kier molecular flexibility index (Phi) is 8.59. The van der Waals surface area contributed by atoms with Gasteiger partial charge in [-0.25, -0.2) is 14.4 Å². The Balaban J connectivity index is 2.80. The third-order valence-corrected chi connectivity index (χ3v) is 3.18. The zero-order chi connectivity index (χ0) is 18.7. The average Bonchev–Trinajstić information content (AvgIpc) is 3.45. The molecule has 0 aliphatic carbocycles. The monoisotopic (exact) mass is 354 g/mol. The van der Waals surface area contributed by atoms with Gasteiger partial charge < -0.3 is 23.7 Å². The number of ether oxygens (including phenoxy) is 5. The van der Waals surface area contributed by atoms with E-state index in [1.54, 1.807) is 0 Å². The summed E-state index contributed by atoms with van der Waals surface area (Å²) in [4.78, 5) is 34.2. The summed E-state index contributed by atoms with van der Waals surface area (Å²) < 4.78 is 25.8. The van der Waals surface area contributed by atoms with Crippen molar-refractivity contribution < 1.29 is 38.1 Å². The molecule has 1 atom stereocenters. The first-order chi connectivity index (χ1) is 11.9. The molecule has 0 N–H and O–H groups in total. The zero-order valence-electron chi connectivity index (χ0n) is 13.9. The second kappa shape index (κ2) is 10.4. The van der Waals surface area contributed by atoms with Crippen LogP contribution in [-0.4, -0.2) is 63.7 Å². The highest BCUT2D eigenvalue weighted by Crippen LogP contribution is 2.22. The van der Waals surface area contributed by atoms with Crippen LogP contribution in [0.3, 0.4) is 0 Å². The Hall–Kier alpha value is -2.45. The smallest absolute Gasteiger partial charge is 0.330 e. The van der Waals surface area contributed by atoms with Crippen molar-refractivity contribution in [3.05, 3.63) is 38.0 Å². The molecule has 0 spiro atoms. The predicted octanol–water partition coefficient (Wildman–Crippen LogP) is 0.576. The Morgan fingerprint density at radius 1 is 0.880 bits per heavy atom. The molecular weight excluding hydrogens is 332 g/mol. The fourth-order valence-electron chi connectivity index (χ4n) is 1.67. The molecule has 1 fully saturated rings. The van der Waals surface area contributed by atoms with E-state index in [0.29, 0.717) is 13.2 Å². The van der Waals surface area contributed by atoms with Crippen molar-refractivity contribution in [2.24, 2.45) is 5.41 Å². The lowest BCUT2D eigenvalue weighted by atomic mass is 9.92. The molecule has 0 bridgehead atoms. The summed E-state index contributed by atoms with van der Waals surface area (Å²) in [5, 5.41) is 0. The zero-order valence-corrected chi connectivity index (χ0v) is 13.9. The normalized spacial score (nSPS) is 15.6. The van der Waals surface area contributed by atoms with E-state index in [4.69, 9.17) is 23.7 Å². The van der Waals surface area contributed by atoms with Crippen molar-refractivity contribution in [3.8, 4) is 0 Å². The van der Waals surface area contributed by atoms with E-state index in [1.165, 1.54) is 0 Å².